The first kappa shape index (κ1) is 23.0. The van der Waals surface area contributed by atoms with Crippen LogP contribution in [-0.2, 0) is 16.2 Å². The van der Waals surface area contributed by atoms with Gasteiger partial charge in [0.25, 0.3) is 5.91 Å². The number of amides is 1. The molecule has 1 fully saturated rings. The summed E-state index contributed by atoms with van der Waals surface area (Å²) in [4.78, 5) is 25.6. The molecule has 2 aromatic rings. The summed E-state index contributed by atoms with van der Waals surface area (Å²) in [5, 5.41) is 8.71. The maximum atomic E-state index is 12.8. The van der Waals surface area contributed by atoms with E-state index in [-0.39, 0.29) is 12.3 Å². The van der Waals surface area contributed by atoms with Crippen LogP contribution < -0.4 is 4.74 Å². The lowest BCUT2D eigenvalue weighted by Gasteiger charge is -2.14. The average molecular weight is 456 g/mol. The Balaban J connectivity index is 1.63. The molecule has 1 amide bonds. The molecule has 5 nitrogen and oxygen atoms in total. The number of ether oxygens (including phenoxy) is 1. The summed E-state index contributed by atoms with van der Waals surface area (Å²) in [6, 6.07) is 15.8. The van der Waals surface area contributed by atoms with Crippen molar-refractivity contribution in [3.63, 3.8) is 0 Å². The maximum Gasteiger partial charge on any atom is 0.303 e. The van der Waals surface area contributed by atoms with E-state index in [0.29, 0.717) is 34.5 Å². The van der Waals surface area contributed by atoms with Gasteiger partial charge in [-0.25, -0.2) is 0 Å². The lowest BCUT2D eigenvalue weighted by atomic mass is 10.1. The first-order valence-electron chi connectivity index (χ1n) is 10.2. The fraction of sp³-hybridized carbons (Fsp3) is 0.292. The quantitative estimate of drug-likeness (QED) is 0.293. The Kier molecular flexibility index (Phi) is 8.26. The number of hydrogen-bond donors (Lipinski definition) is 1. The summed E-state index contributed by atoms with van der Waals surface area (Å²) in [5.74, 6) is -0.194. The van der Waals surface area contributed by atoms with Crippen LogP contribution in [0, 0.1) is 6.92 Å². The molecule has 0 aromatic heterocycles. The van der Waals surface area contributed by atoms with Gasteiger partial charge in [0.05, 0.1) is 4.91 Å². The van der Waals surface area contributed by atoms with Crippen molar-refractivity contribution in [3.05, 3.63) is 70.1 Å². The molecule has 7 heteroatoms. The Labute approximate surface area is 192 Å². The van der Waals surface area contributed by atoms with Gasteiger partial charge < -0.3 is 9.84 Å². The highest BCUT2D eigenvalue weighted by atomic mass is 32.2. The number of para-hydroxylation sites is 1. The lowest BCUT2D eigenvalue weighted by molar-refractivity contribution is -0.137. The molecule has 0 saturated carbocycles. The molecule has 0 unspecified atom stereocenters. The number of carboxylic acids is 1. The van der Waals surface area contributed by atoms with E-state index in [0.717, 1.165) is 24.0 Å². The Morgan fingerprint density at radius 2 is 1.87 bits per heavy atom. The minimum absolute atomic E-state index is 0.110. The van der Waals surface area contributed by atoms with E-state index in [1.165, 1.54) is 17.3 Å². The Morgan fingerprint density at radius 1 is 1.13 bits per heavy atom. The zero-order chi connectivity index (χ0) is 22.2. The number of thioether (sulfide) groups is 1. The largest absolute Gasteiger partial charge is 0.488 e. The minimum Gasteiger partial charge on any atom is -0.488 e. The average Bonchev–Trinajstić information content (AvgIpc) is 3.01. The second-order valence-corrected chi connectivity index (χ2v) is 9.03. The second kappa shape index (κ2) is 11.1. The van der Waals surface area contributed by atoms with E-state index in [1.54, 1.807) is 4.90 Å². The van der Waals surface area contributed by atoms with Crippen molar-refractivity contribution >= 4 is 46.3 Å². The monoisotopic (exact) mass is 455 g/mol. The lowest BCUT2D eigenvalue weighted by Crippen LogP contribution is -2.29. The molecule has 0 radical (unpaired) electrons. The number of hydrogen-bond acceptors (Lipinski definition) is 5. The minimum atomic E-state index is -0.795. The van der Waals surface area contributed by atoms with Gasteiger partial charge in [0.2, 0.25) is 0 Å². The van der Waals surface area contributed by atoms with Crippen molar-refractivity contribution in [1.29, 1.82) is 0 Å². The van der Waals surface area contributed by atoms with Crippen molar-refractivity contribution in [3.8, 4) is 5.75 Å². The van der Waals surface area contributed by atoms with E-state index in [2.05, 4.69) is 12.1 Å². The molecule has 0 bridgehead atoms. The van der Waals surface area contributed by atoms with Crippen LogP contribution >= 0.6 is 24.0 Å². The number of carboxylic acid groups (broad SMARTS) is 1. The van der Waals surface area contributed by atoms with Crippen molar-refractivity contribution in [2.24, 2.45) is 0 Å². The zero-order valence-electron chi connectivity index (χ0n) is 17.4. The van der Waals surface area contributed by atoms with Gasteiger partial charge in [-0.3, -0.25) is 14.5 Å². The normalized spacial score (nSPS) is 15.0. The SMILES string of the molecule is Cc1ccc(COc2ccccc2/C=C2\SC(=S)N(CCCCCC(=O)O)C2=O)cc1. The molecule has 1 heterocycles. The summed E-state index contributed by atoms with van der Waals surface area (Å²) >= 11 is 6.68. The van der Waals surface area contributed by atoms with Crippen LogP contribution in [0.4, 0.5) is 0 Å². The van der Waals surface area contributed by atoms with Crippen LogP contribution in [0.1, 0.15) is 42.4 Å². The van der Waals surface area contributed by atoms with E-state index in [4.69, 9.17) is 22.1 Å². The Hall–Kier alpha value is -2.64. The van der Waals surface area contributed by atoms with Gasteiger partial charge >= 0.3 is 5.97 Å². The highest BCUT2D eigenvalue weighted by Crippen LogP contribution is 2.34. The Morgan fingerprint density at radius 3 is 2.61 bits per heavy atom. The summed E-state index contributed by atoms with van der Waals surface area (Å²) in [6.45, 7) is 3.00. The van der Waals surface area contributed by atoms with Crippen LogP contribution in [0.25, 0.3) is 6.08 Å². The number of nitrogens with zero attached hydrogens (tertiary/aromatic N) is 1. The molecule has 162 valence electrons. The summed E-state index contributed by atoms with van der Waals surface area (Å²) < 4.78 is 6.55. The van der Waals surface area contributed by atoms with E-state index >= 15 is 0 Å². The van der Waals surface area contributed by atoms with Crippen LogP contribution in [-0.4, -0.2) is 32.7 Å². The third-order valence-corrected chi connectivity index (χ3v) is 6.24. The molecule has 0 atom stereocenters. The summed E-state index contributed by atoms with van der Waals surface area (Å²) in [7, 11) is 0. The van der Waals surface area contributed by atoms with E-state index in [1.807, 2.05) is 49.4 Å². The number of rotatable bonds is 10. The molecule has 1 N–H and O–H groups in total. The molecule has 0 spiro atoms. The predicted octanol–water partition coefficient (Wildman–Crippen LogP) is 5.42. The number of carbonyl (C=O) groups excluding carboxylic acids is 1. The van der Waals surface area contributed by atoms with E-state index < -0.39 is 5.97 Å². The maximum absolute atomic E-state index is 12.8. The number of aliphatic carboxylic acids is 1. The molecule has 3 rings (SSSR count). The molecule has 1 aliphatic heterocycles. The van der Waals surface area contributed by atoms with Gasteiger partial charge in [0.15, 0.2) is 0 Å². The topological polar surface area (TPSA) is 66.8 Å². The molecule has 1 aliphatic rings. The fourth-order valence-corrected chi connectivity index (χ4v) is 4.43. The first-order chi connectivity index (χ1) is 14.9. The molecular weight excluding hydrogens is 430 g/mol. The third kappa shape index (κ3) is 6.67. The van der Waals surface area contributed by atoms with E-state index in [9.17, 15) is 9.59 Å². The predicted molar refractivity (Wildman–Crippen MR) is 128 cm³/mol. The van der Waals surface area contributed by atoms with Gasteiger partial charge in [0, 0.05) is 18.5 Å². The number of aryl methyl sites for hydroxylation is 1. The summed E-state index contributed by atoms with van der Waals surface area (Å²) in [5.41, 5.74) is 3.11. The molecule has 0 aliphatic carbocycles. The summed E-state index contributed by atoms with van der Waals surface area (Å²) in [6.07, 6.45) is 4.05. The van der Waals surface area contributed by atoms with Crippen LogP contribution in [0.3, 0.4) is 0 Å². The third-order valence-electron chi connectivity index (χ3n) is 4.87. The molecule has 1 saturated heterocycles. The highest BCUT2D eigenvalue weighted by Gasteiger charge is 2.31. The van der Waals surface area contributed by atoms with Crippen molar-refractivity contribution in [2.45, 2.75) is 39.2 Å². The number of thiocarbonyl (C=S) groups is 1. The van der Waals surface area contributed by atoms with Crippen molar-refractivity contribution < 1.29 is 19.4 Å². The first-order valence-corrected chi connectivity index (χ1v) is 11.4. The van der Waals surface area contributed by atoms with Crippen molar-refractivity contribution in [2.75, 3.05) is 6.54 Å². The zero-order valence-corrected chi connectivity index (χ0v) is 19.0. The van der Waals surface area contributed by atoms with Gasteiger partial charge in [-0.1, -0.05) is 78.4 Å². The molecule has 31 heavy (non-hydrogen) atoms. The smallest absolute Gasteiger partial charge is 0.303 e. The number of carbonyl (C=O) groups is 2. The standard InChI is InChI=1S/C24H25NO4S2/c1-17-10-12-18(13-11-17)16-29-20-8-5-4-7-19(20)15-21-23(28)25(24(30)31-21)14-6-2-3-9-22(26)27/h4-5,7-8,10-13,15H,2-3,6,9,14,16H2,1H3,(H,26,27)/b21-15-. The number of unbranched alkanes of at least 4 members (excludes halogenated alkanes) is 2. The van der Waals surface area contributed by atoms with Crippen LogP contribution in [0.15, 0.2) is 53.4 Å². The van der Waals surface area contributed by atoms with Crippen molar-refractivity contribution in [1.82, 2.24) is 4.90 Å². The number of benzene rings is 2. The molecule has 2 aromatic carbocycles. The fourth-order valence-electron chi connectivity index (χ4n) is 3.13. The molecular formula is C24H25NO4S2. The van der Waals surface area contributed by atoms with Crippen LogP contribution in [0.2, 0.25) is 0 Å². The Bertz CT molecular complexity index is 985. The highest BCUT2D eigenvalue weighted by molar-refractivity contribution is 8.26. The van der Waals surface area contributed by atoms with Gasteiger partial charge in [-0.2, -0.15) is 0 Å². The van der Waals surface area contributed by atoms with Gasteiger partial charge in [0.1, 0.15) is 16.7 Å². The van der Waals surface area contributed by atoms with Gasteiger partial charge in [-0.05, 0) is 37.5 Å². The van der Waals surface area contributed by atoms with Gasteiger partial charge in [-0.15, -0.1) is 0 Å². The second-order valence-electron chi connectivity index (χ2n) is 7.35. The van der Waals surface area contributed by atoms with Crippen LogP contribution in [0.5, 0.6) is 5.75 Å².